The Hall–Kier alpha value is -2.02. The molecule has 2 aromatic rings. The van der Waals surface area contributed by atoms with Crippen molar-refractivity contribution < 1.29 is 8.42 Å². The zero-order valence-electron chi connectivity index (χ0n) is 10.8. The van der Waals surface area contributed by atoms with Crippen LogP contribution in [0, 0.1) is 6.92 Å². The van der Waals surface area contributed by atoms with Crippen molar-refractivity contribution in [3.63, 3.8) is 0 Å². The van der Waals surface area contributed by atoms with Crippen LogP contribution < -0.4 is 10.5 Å². The lowest BCUT2D eigenvalue weighted by molar-refractivity contribution is 0.602. The van der Waals surface area contributed by atoms with Gasteiger partial charge in [0, 0.05) is 11.8 Å². The van der Waals surface area contributed by atoms with Gasteiger partial charge in [-0.05, 0) is 38.1 Å². The van der Waals surface area contributed by atoms with E-state index in [9.17, 15) is 8.42 Å². The summed E-state index contributed by atoms with van der Waals surface area (Å²) in [5.41, 5.74) is 7.95. The van der Waals surface area contributed by atoms with Crippen LogP contribution in [0.5, 0.6) is 0 Å². The largest absolute Gasteiger partial charge is 0.384 e. The van der Waals surface area contributed by atoms with Crippen LogP contribution >= 0.6 is 0 Å². The van der Waals surface area contributed by atoms with Crippen molar-refractivity contribution in [2.24, 2.45) is 0 Å². The van der Waals surface area contributed by atoms with E-state index in [1.165, 1.54) is 0 Å². The highest BCUT2D eigenvalue weighted by molar-refractivity contribution is 7.92. The summed E-state index contributed by atoms with van der Waals surface area (Å²) in [6, 6.07) is 8.65. The zero-order valence-corrected chi connectivity index (χ0v) is 11.6. The number of aromatic nitrogens is 2. The number of nitrogen functional groups attached to an aromatic ring is 1. The van der Waals surface area contributed by atoms with Crippen LogP contribution in [0.15, 0.2) is 30.3 Å². The maximum absolute atomic E-state index is 11.4. The first-order valence-corrected chi connectivity index (χ1v) is 7.49. The summed E-state index contributed by atoms with van der Waals surface area (Å²) in [5.74, 6) is 0.583. The minimum atomic E-state index is -3.25. The minimum Gasteiger partial charge on any atom is -0.384 e. The molecule has 0 radical (unpaired) electrons. The maximum Gasteiger partial charge on any atom is 0.232 e. The third kappa shape index (κ3) is 3.05. The van der Waals surface area contributed by atoms with E-state index in [1.807, 2.05) is 6.92 Å². The second kappa shape index (κ2) is 4.93. The predicted molar refractivity (Wildman–Crippen MR) is 75.8 cm³/mol. The highest BCUT2D eigenvalue weighted by Gasteiger charge is 2.08. The summed E-state index contributed by atoms with van der Waals surface area (Å²) >= 11 is 0. The Labute approximate surface area is 112 Å². The SMILES string of the molecule is CCS(=O)(=O)Nc1ccc(-n2nc(C)cc2N)cc1. The zero-order chi connectivity index (χ0) is 14.0. The van der Waals surface area contributed by atoms with Gasteiger partial charge in [0.1, 0.15) is 5.82 Å². The van der Waals surface area contributed by atoms with E-state index < -0.39 is 10.0 Å². The summed E-state index contributed by atoms with van der Waals surface area (Å²) in [6.07, 6.45) is 0. The smallest absolute Gasteiger partial charge is 0.232 e. The van der Waals surface area contributed by atoms with Gasteiger partial charge in [0.2, 0.25) is 10.0 Å². The maximum atomic E-state index is 11.4. The molecule has 0 aliphatic heterocycles. The third-order valence-electron chi connectivity index (χ3n) is 2.62. The summed E-state index contributed by atoms with van der Waals surface area (Å²) < 4.78 is 26.9. The minimum absolute atomic E-state index is 0.0417. The molecule has 1 aromatic heterocycles. The van der Waals surface area contributed by atoms with E-state index in [0.29, 0.717) is 11.5 Å². The molecule has 0 saturated heterocycles. The van der Waals surface area contributed by atoms with Gasteiger partial charge in [-0.3, -0.25) is 4.72 Å². The molecule has 1 aromatic carbocycles. The first-order chi connectivity index (χ1) is 8.91. The number of nitrogens with one attached hydrogen (secondary N) is 1. The molecular weight excluding hydrogens is 264 g/mol. The molecular formula is C12H16N4O2S. The number of rotatable bonds is 4. The Morgan fingerprint density at radius 1 is 1.32 bits per heavy atom. The number of nitrogens with two attached hydrogens (primary N) is 1. The molecule has 3 N–H and O–H groups in total. The fourth-order valence-corrected chi connectivity index (χ4v) is 2.29. The Bertz CT molecular complexity index is 674. The number of sulfonamides is 1. The van der Waals surface area contributed by atoms with Gasteiger partial charge in [-0.15, -0.1) is 0 Å². The fraction of sp³-hybridized carbons (Fsp3) is 0.250. The van der Waals surface area contributed by atoms with Crippen molar-refractivity contribution in [2.75, 3.05) is 16.2 Å². The lowest BCUT2D eigenvalue weighted by Gasteiger charge is -2.08. The van der Waals surface area contributed by atoms with E-state index in [0.717, 1.165) is 11.4 Å². The van der Waals surface area contributed by atoms with Crippen molar-refractivity contribution >= 4 is 21.5 Å². The Kier molecular flexibility index (Phi) is 3.48. The highest BCUT2D eigenvalue weighted by atomic mass is 32.2. The molecule has 0 aliphatic rings. The van der Waals surface area contributed by atoms with E-state index in [1.54, 1.807) is 41.9 Å². The molecule has 0 fully saturated rings. The number of benzene rings is 1. The number of aryl methyl sites for hydroxylation is 1. The Morgan fingerprint density at radius 2 is 1.95 bits per heavy atom. The number of hydrogen-bond acceptors (Lipinski definition) is 4. The van der Waals surface area contributed by atoms with Gasteiger partial charge in [0.05, 0.1) is 17.1 Å². The van der Waals surface area contributed by atoms with Crippen LogP contribution in [0.25, 0.3) is 5.69 Å². The molecule has 0 amide bonds. The summed E-state index contributed by atoms with van der Waals surface area (Å²) in [5, 5.41) is 4.25. The quantitative estimate of drug-likeness (QED) is 0.888. The van der Waals surface area contributed by atoms with Crippen LogP contribution in [-0.4, -0.2) is 24.0 Å². The van der Waals surface area contributed by atoms with E-state index in [2.05, 4.69) is 9.82 Å². The molecule has 0 atom stereocenters. The van der Waals surface area contributed by atoms with Gasteiger partial charge >= 0.3 is 0 Å². The summed E-state index contributed by atoms with van der Waals surface area (Å²) in [7, 11) is -3.25. The van der Waals surface area contributed by atoms with Gasteiger partial charge in [0.25, 0.3) is 0 Å². The summed E-state index contributed by atoms with van der Waals surface area (Å²) in [4.78, 5) is 0. The molecule has 19 heavy (non-hydrogen) atoms. The fourth-order valence-electron chi connectivity index (χ4n) is 1.65. The van der Waals surface area contributed by atoms with Crippen molar-refractivity contribution in [3.05, 3.63) is 36.0 Å². The van der Waals surface area contributed by atoms with Crippen molar-refractivity contribution in [2.45, 2.75) is 13.8 Å². The lowest BCUT2D eigenvalue weighted by Crippen LogP contribution is -2.14. The van der Waals surface area contributed by atoms with Crippen molar-refractivity contribution in [3.8, 4) is 5.69 Å². The van der Waals surface area contributed by atoms with E-state index >= 15 is 0 Å². The van der Waals surface area contributed by atoms with Crippen LogP contribution in [0.2, 0.25) is 0 Å². The van der Waals surface area contributed by atoms with E-state index in [4.69, 9.17) is 5.73 Å². The average Bonchev–Trinajstić information content (AvgIpc) is 2.69. The predicted octanol–water partition coefficient (Wildman–Crippen LogP) is 1.52. The Balaban J connectivity index is 2.26. The molecule has 6 nitrogen and oxygen atoms in total. The molecule has 0 spiro atoms. The number of anilines is 2. The summed E-state index contributed by atoms with van der Waals surface area (Å²) in [6.45, 7) is 3.44. The van der Waals surface area contributed by atoms with Gasteiger partial charge in [-0.2, -0.15) is 5.10 Å². The molecule has 0 aliphatic carbocycles. The molecule has 7 heteroatoms. The highest BCUT2D eigenvalue weighted by Crippen LogP contribution is 2.17. The van der Waals surface area contributed by atoms with Gasteiger partial charge in [0.15, 0.2) is 0 Å². The third-order valence-corrected chi connectivity index (χ3v) is 3.93. The number of hydrogen-bond donors (Lipinski definition) is 2. The van der Waals surface area contributed by atoms with Crippen LogP contribution in [-0.2, 0) is 10.0 Å². The first kappa shape index (κ1) is 13.4. The average molecular weight is 280 g/mol. The molecule has 1 heterocycles. The first-order valence-electron chi connectivity index (χ1n) is 5.84. The van der Waals surface area contributed by atoms with Crippen LogP contribution in [0.3, 0.4) is 0 Å². The van der Waals surface area contributed by atoms with Crippen LogP contribution in [0.4, 0.5) is 11.5 Å². The molecule has 102 valence electrons. The van der Waals surface area contributed by atoms with E-state index in [-0.39, 0.29) is 5.75 Å². The lowest BCUT2D eigenvalue weighted by atomic mass is 10.3. The topological polar surface area (TPSA) is 90.0 Å². The standard InChI is InChI=1S/C12H16N4O2S/c1-3-19(17,18)15-10-4-6-11(7-5-10)16-12(13)8-9(2)14-16/h4-8,15H,3,13H2,1-2H3. The van der Waals surface area contributed by atoms with Crippen molar-refractivity contribution in [1.82, 2.24) is 9.78 Å². The molecule has 0 bridgehead atoms. The number of nitrogens with zero attached hydrogens (tertiary/aromatic N) is 2. The van der Waals surface area contributed by atoms with Crippen LogP contribution in [0.1, 0.15) is 12.6 Å². The monoisotopic (exact) mass is 280 g/mol. The van der Waals surface area contributed by atoms with Gasteiger partial charge < -0.3 is 5.73 Å². The molecule has 2 rings (SSSR count). The Morgan fingerprint density at radius 3 is 2.42 bits per heavy atom. The second-order valence-electron chi connectivity index (χ2n) is 4.17. The van der Waals surface area contributed by atoms with Gasteiger partial charge in [-0.25, -0.2) is 13.1 Å². The van der Waals surface area contributed by atoms with Crippen molar-refractivity contribution in [1.29, 1.82) is 0 Å². The molecule has 0 unspecified atom stereocenters. The van der Waals surface area contributed by atoms with Gasteiger partial charge in [-0.1, -0.05) is 0 Å². The molecule has 0 saturated carbocycles. The second-order valence-corrected chi connectivity index (χ2v) is 6.19. The normalized spacial score (nSPS) is 11.5.